The third kappa shape index (κ3) is 8.52. The van der Waals surface area contributed by atoms with Crippen molar-refractivity contribution < 1.29 is 0 Å². The third-order valence-corrected chi connectivity index (χ3v) is 2.55. The maximum Gasteiger partial charge on any atom is 0.0189 e. The van der Waals surface area contributed by atoms with Crippen LogP contribution in [0.2, 0.25) is 0 Å². The molecule has 0 aliphatic rings. The summed E-state index contributed by atoms with van der Waals surface area (Å²) in [5, 5.41) is 7.09. The Balaban J connectivity index is 3.28. The third-order valence-electron chi connectivity index (χ3n) is 2.55. The van der Waals surface area contributed by atoms with E-state index in [0.29, 0.717) is 6.04 Å². The van der Waals surface area contributed by atoms with Crippen LogP contribution in [-0.2, 0) is 0 Å². The van der Waals surface area contributed by atoms with E-state index in [-0.39, 0.29) is 0 Å². The first-order valence-corrected chi connectivity index (χ1v) is 6.29. The second-order valence-corrected chi connectivity index (χ2v) is 3.97. The lowest BCUT2D eigenvalue weighted by Crippen LogP contribution is -2.38. The van der Waals surface area contributed by atoms with Gasteiger partial charge in [-0.05, 0) is 32.4 Å². The van der Waals surface area contributed by atoms with Gasteiger partial charge in [0.1, 0.15) is 0 Å². The van der Waals surface area contributed by atoms with Gasteiger partial charge in [-0.1, -0.05) is 33.6 Å². The van der Waals surface area contributed by atoms with Crippen LogP contribution in [0.3, 0.4) is 0 Å². The summed E-state index contributed by atoms with van der Waals surface area (Å²) in [6.45, 7) is 10.2. The van der Waals surface area contributed by atoms with Crippen LogP contribution in [-0.4, -0.2) is 25.7 Å². The molecule has 0 radical (unpaired) electrons. The Bertz CT molecular complexity index is 104. The van der Waals surface area contributed by atoms with Crippen molar-refractivity contribution in [2.24, 2.45) is 0 Å². The SMILES string of the molecule is CCCCNCC(CC)NCCCC. The molecule has 0 amide bonds. The number of hydrogen-bond donors (Lipinski definition) is 2. The van der Waals surface area contributed by atoms with Crippen LogP contribution >= 0.6 is 0 Å². The molecule has 86 valence electrons. The van der Waals surface area contributed by atoms with Crippen molar-refractivity contribution in [3.63, 3.8) is 0 Å². The molecule has 14 heavy (non-hydrogen) atoms. The molecule has 1 atom stereocenters. The van der Waals surface area contributed by atoms with Crippen LogP contribution in [0.15, 0.2) is 0 Å². The molecular weight excluding hydrogens is 172 g/mol. The van der Waals surface area contributed by atoms with E-state index >= 15 is 0 Å². The summed E-state index contributed by atoms with van der Waals surface area (Å²) >= 11 is 0. The van der Waals surface area contributed by atoms with Gasteiger partial charge in [-0.15, -0.1) is 0 Å². The van der Waals surface area contributed by atoms with Gasteiger partial charge in [-0.2, -0.15) is 0 Å². The highest BCUT2D eigenvalue weighted by atomic mass is 15.0. The standard InChI is InChI=1S/C12H28N2/c1-4-7-9-13-11-12(6-3)14-10-8-5-2/h12-14H,4-11H2,1-3H3. The highest BCUT2D eigenvalue weighted by Gasteiger charge is 2.02. The van der Waals surface area contributed by atoms with E-state index in [1.807, 2.05) is 0 Å². The van der Waals surface area contributed by atoms with Crippen molar-refractivity contribution in [1.29, 1.82) is 0 Å². The van der Waals surface area contributed by atoms with Crippen LogP contribution in [0.1, 0.15) is 52.9 Å². The predicted octanol–water partition coefficient (Wildman–Crippen LogP) is 2.54. The molecule has 0 heterocycles. The number of rotatable bonds is 10. The van der Waals surface area contributed by atoms with Crippen molar-refractivity contribution in [2.75, 3.05) is 19.6 Å². The molecule has 0 saturated carbocycles. The molecule has 0 aromatic heterocycles. The fourth-order valence-corrected chi connectivity index (χ4v) is 1.42. The molecular formula is C12H28N2. The van der Waals surface area contributed by atoms with E-state index in [1.165, 1.54) is 45.2 Å². The average molecular weight is 200 g/mol. The van der Waals surface area contributed by atoms with Gasteiger partial charge in [0.25, 0.3) is 0 Å². The Labute approximate surface area is 89.9 Å². The molecule has 1 unspecified atom stereocenters. The van der Waals surface area contributed by atoms with Gasteiger partial charge in [-0.25, -0.2) is 0 Å². The van der Waals surface area contributed by atoms with Gasteiger partial charge in [0.05, 0.1) is 0 Å². The Morgan fingerprint density at radius 2 is 1.57 bits per heavy atom. The molecule has 0 saturated heterocycles. The second kappa shape index (κ2) is 11.0. The van der Waals surface area contributed by atoms with Gasteiger partial charge >= 0.3 is 0 Å². The highest BCUT2D eigenvalue weighted by molar-refractivity contribution is 4.67. The van der Waals surface area contributed by atoms with Crippen molar-refractivity contribution >= 4 is 0 Å². The molecule has 0 fully saturated rings. The molecule has 2 nitrogen and oxygen atoms in total. The minimum atomic E-state index is 0.665. The molecule has 0 aliphatic heterocycles. The summed E-state index contributed by atoms with van der Waals surface area (Å²) in [5.74, 6) is 0. The average Bonchev–Trinajstić information content (AvgIpc) is 2.22. The zero-order valence-corrected chi connectivity index (χ0v) is 10.2. The molecule has 0 aromatic rings. The first-order valence-electron chi connectivity index (χ1n) is 6.29. The molecule has 0 aliphatic carbocycles. The van der Waals surface area contributed by atoms with Crippen LogP contribution in [0.5, 0.6) is 0 Å². The van der Waals surface area contributed by atoms with E-state index in [9.17, 15) is 0 Å². The van der Waals surface area contributed by atoms with E-state index in [4.69, 9.17) is 0 Å². The maximum atomic E-state index is 3.58. The van der Waals surface area contributed by atoms with E-state index in [1.54, 1.807) is 0 Å². The van der Waals surface area contributed by atoms with Crippen molar-refractivity contribution in [2.45, 2.75) is 58.9 Å². The van der Waals surface area contributed by atoms with Gasteiger partial charge in [-0.3, -0.25) is 0 Å². The molecule has 0 rings (SSSR count). The zero-order valence-electron chi connectivity index (χ0n) is 10.2. The topological polar surface area (TPSA) is 24.1 Å². The van der Waals surface area contributed by atoms with E-state index < -0.39 is 0 Å². The summed E-state index contributed by atoms with van der Waals surface area (Å²) < 4.78 is 0. The Morgan fingerprint density at radius 1 is 0.929 bits per heavy atom. The Morgan fingerprint density at radius 3 is 2.14 bits per heavy atom. The van der Waals surface area contributed by atoms with Gasteiger partial charge in [0.2, 0.25) is 0 Å². The summed E-state index contributed by atoms with van der Waals surface area (Å²) in [4.78, 5) is 0. The summed E-state index contributed by atoms with van der Waals surface area (Å²) in [5.41, 5.74) is 0. The summed E-state index contributed by atoms with van der Waals surface area (Å²) in [7, 11) is 0. The number of hydrogen-bond acceptors (Lipinski definition) is 2. The lowest BCUT2D eigenvalue weighted by molar-refractivity contribution is 0.454. The quantitative estimate of drug-likeness (QED) is 0.530. The number of unbranched alkanes of at least 4 members (excludes halogenated alkanes) is 2. The zero-order chi connectivity index (χ0) is 10.6. The minimum absolute atomic E-state index is 0.665. The highest BCUT2D eigenvalue weighted by Crippen LogP contribution is 1.92. The van der Waals surface area contributed by atoms with Crippen molar-refractivity contribution in [1.82, 2.24) is 10.6 Å². The minimum Gasteiger partial charge on any atom is -0.315 e. The monoisotopic (exact) mass is 200 g/mol. The Hall–Kier alpha value is -0.0800. The number of nitrogens with one attached hydrogen (secondary N) is 2. The molecule has 0 aromatic carbocycles. The second-order valence-electron chi connectivity index (χ2n) is 3.97. The fraction of sp³-hybridized carbons (Fsp3) is 1.00. The first kappa shape index (κ1) is 13.9. The largest absolute Gasteiger partial charge is 0.315 e. The van der Waals surface area contributed by atoms with Crippen LogP contribution in [0.4, 0.5) is 0 Å². The van der Waals surface area contributed by atoms with E-state index in [2.05, 4.69) is 31.4 Å². The molecule has 0 spiro atoms. The van der Waals surface area contributed by atoms with Crippen LogP contribution < -0.4 is 10.6 Å². The normalized spacial score (nSPS) is 13.1. The van der Waals surface area contributed by atoms with E-state index in [0.717, 1.165) is 6.54 Å². The van der Waals surface area contributed by atoms with Crippen molar-refractivity contribution in [3.8, 4) is 0 Å². The summed E-state index contributed by atoms with van der Waals surface area (Å²) in [6, 6.07) is 0.665. The van der Waals surface area contributed by atoms with Gasteiger partial charge in [0.15, 0.2) is 0 Å². The van der Waals surface area contributed by atoms with Gasteiger partial charge in [0, 0.05) is 12.6 Å². The maximum absolute atomic E-state index is 3.58. The van der Waals surface area contributed by atoms with Gasteiger partial charge < -0.3 is 10.6 Å². The molecule has 0 bridgehead atoms. The molecule has 2 heteroatoms. The lowest BCUT2D eigenvalue weighted by atomic mass is 10.2. The fourth-order valence-electron chi connectivity index (χ4n) is 1.42. The Kier molecular flexibility index (Phi) is 10.9. The lowest BCUT2D eigenvalue weighted by Gasteiger charge is -2.17. The smallest absolute Gasteiger partial charge is 0.0189 e. The van der Waals surface area contributed by atoms with Crippen LogP contribution in [0, 0.1) is 0 Å². The predicted molar refractivity (Wildman–Crippen MR) is 64.8 cm³/mol. The summed E-state index contributed by atoms with van der Waals surface area (Å²) in [6.07, 6.45) is 6.39. The molecule has 2 N–H and O–H groups in total. The first-order chi connectivity index (χ1) is 6.85. The van der Waals surface area contributed by atoms with Crippen molar-refractivity contribution in [3.05, 3.63) is 0 Å². The van der Waals surface area contributed by atoms with Crippen LogP contribution in [0.25, 0.3) is 0 Å².